The summed E-state index contributed by atoms with van der Waals surface area (Å²) in [5.74, 6) is 1.03. The number of carbonyl (C=O) groups is 1. The average molecular weight is 704 g/mol. The number of aliphatic hydroxyl groups is 2. The van der Waals surface area contributed by atoms with Crippen molar-refractivity contribution in [2.45, 2.75) is 50.9 Å². The van der Waals surface area contributed by atoms with Gasteiger partial charge in [0.2, 0.25) is 15.1 Å². The number of ether oxygens (including phenoxy) is 1. The van der Waals surface area contributed by atoms with Gasteiger partial charge in [0.25, 0.3) is 5.91 Å². The number of thiophene rings is 1. The van der Waals surface area contributed by atoms with E-state index in [9.17, 15) is 23.4 Å². The third kappa shape index (κ3) is 8.74. The molecule has 2 heterocycles. The Hall–Kier alpha value is -2.84. The van der Waals surface area contributed by atoms with Crippen molar-refractivity contribution in [3.63, 3.8) is 0 Å². The molecule has 0 bridgehead atoms. The molecule has 0 saturated carbocycles. The molecule has 1 fully saturated rings. The van der Waals surface area contributed by atoms with Gasteiger partial charge in [0.1, 0.15) is 5.75 Å². The van der Waals surface area contributed by atoms with Crippen LogP contribution in [0.15, 0.2) is 60.7 Å². The molecule has 13 heteroatoms. The lowest BCUT2D eigenvalue weighted by Gasteiger charge is -2.35. The fourth-order valence-corrected chi connectivity index (χ4v) is 8.09. The minimum atomic E-state index is -3.42. The van der Waals surface area contributed by atoms with Crippen LogP contribution in [0.3, 0.4) is 0 Å². The van der Waals surface area contributed by atoms with Crippen LogP contribution in [0.5, 0.6) is 5.75 Å². The summed E-state index contributed by atoms with van der Waals surface area (Å²) >= 11 is 9.06. The first kappa shape index (κ1) is 34.5. The number of nitrogens with zero attached hydrogens (tertiary/aromatic N) is 1. The van der Waals surface area contributed by atoms with E-state index in [1.165, 1.54) is 11.3 Å². The number of β-amino-alcohol motifs (C(OH)–C–C–N with tert-alkyl or cyclic N) is 2. The second-order valence-corrected chi connectivity index (χ2v) is 17.0. The fourth-order valence-electron chi connectivity index (χ4n) is 5.42. The highest BCUT2D eigenvalue weighted by atomic mass is 35.5. The van der Waals surface area contributed by atoms with Crippen LogP contribution in [0.25, 0.3) is 10.1 Å². The van der Waals surface area contributed by atoms with Crippen molar-refractivity contribution >= 4 is 72.1 Å². The smallest absolute Gasteiger partial charge is 0.265 e. The van der Waals surface area contributed by atoms with Gasteiger partial charge in [-0.25, -0.2) is 8.42 Å². The zero-order valence-electron chi connectivity index (χ0n) is 26.3. The Labute approximate surface area is 283 Å². The van der Waals surface area contributed by atoms with E-state index in [0.717, 1.165) is 57.1 Å². The zero-order chi connectivity index (χ0) is 33.4. The molecule has 0 atom stereocenters. The molecule has 246 valence electrons. The van der Waals surface area contributed by atoms with Gasteiger partial charge in [-0.2, -0.15) is 0 Å². The first-order valence-electron chi connectivity index (χ1n) is 14.7. The summed E-state index contributed by atoms with van der Waals surface area (Å²) in [6.45, 7) is 9.51. The van der Waals surface area contributed by atoms with Crippen molar-refractivity contribution in [3.8, 4) is 5.75 Å². The number of halogens is 1. The van der Waals surface area contributed by atoms with Gasteiger partial charge in [-0.15, -0.1) is 11.3 Å². The number of hydrogen-bond acceptors (Lipinski definition) is 9. The molecule has 46 heavy (non-hydrogen) atoms. The van der Waals surface area contributed by atoms with Gasteiger partial charge in [0.15, 0.2) is 0 Å². The maximum absolute atomic E-state index is 13.4. The van der Waals surface area contributed by atoms with Crippen molar-refractivity contribution < 1.29 is 28.2 Å². The summed E-state index contributed by atoms with van der Waals surface area (Å²) in [5, 5.41) is 22.8. The first-order valence-corrected chi connectivity index (χ1v) is 18.8. The molecular formula is C33H38ClN3O6S3. The first-order chi connectivity index (χ1) is 21.5. The van der Waals surface area contributed by atoms with E-state index in [1.54, 1.807) is 30.3 Å². The van der Waals surface area contributed by atoms with Gasteiger partial charge < -0.3 is 20.3 Å². The highest BCUT2D eigenvalue weighted by Gasteiger charge is 2.32. The highest BCUT2D eigenvalue weighted by Crippen LogP contribution is 2.38. The van der Waals surface area contributed by atoms with Gasteiger partial charge in [-0.05, 0) is 90.5 Å². The maximum Gasteiger partial charge on any atom is 0.265 e. The molecule has 4 aromatic rings. The Bertz CT molecular complexity index is 1870. The van der Waals surface area contributed by atoms with E-state index >= 15 is 0 Å². The summed E-state index contributed by atoms with van der Waals surface area (Å²) in [7, 11) is -3.42. The van der Waals surface area contributed by atoms with Crippen molar-refractivity contribution in [1.29, 1.82) is 0 Å². The van der Waals surface area contributed by atoms with E-state index in [1.807, 2.05) is 43.0 Å². The van der Waals surface area contributed by atoms with Crippen LogP contribution in [0.2, 0.25) is 5.02 Å². The molecule has 0 radical (unpaired) electrons. The van der Waals surface area contributed by atoms with E-state index < -0.39 is 20.6 Å². The molecule has 0 aliphatic carbocycles. The molecule has 1 aliphatic rings. The lowest BCUT2D eigenvalue weighted by molar-refractivity contribution is -0.0999. The molecule has 1 saturated heterocycles. The normalized spacial score (nSPS) is 15.7. The van der Waals surface area contributed by atoms with E-state index in [2.05, 4.69) is 30.0 Å². The minimum absolute atomic E-state index is 0.0375. The lowest BCUT2D eigenvalue weighted by Crippen LogP contribution is -2.46. The third-order valence-corrected chi connectivity index (χ3v) is 10.5. The number of benzene rings is 3. The quantitative estimate of drug-likeness (QED) is 0.138. The molecule has 4 N–H and O–H groups in total. The van der Waals surface area contributed by atoms with Crippen molar-refractivity contribution in [2.24, 2.45) is 0 Å². The van der Waals surface area contributed by atoms with Crippen LogP contribution in [0.4, 0.5) is 11.4 Å². The second-order valence-electron chi connectivity index (χ2n) is 12.4. The van der Waals surface area contributed by atoms with Crippen LogP contribution in [-0.2, 0) is 22.0 Å². The summed E-state index contributed by atoms with van der Waals surface area (Å²) in [4.78, 5) is 15.8. The van der Waals surface area contributed by atoms with Gasteiger partial charge in [0, 0.05) is 45.4 Å². The SMILES string of the molecule is CC(C)Oc1cc(CN2CCSC(O)(O)C2)cc(C(C)(C)c2cc(Cl)cc(NC(=O)c3cc4cc(NS(C)(=O)=O)ccc4s3)c2)c1. The molecule has 0 spiro atoms. The van der Waals surface area contributed by atoms with E-state index in [-0.39, 0.29) is 18.6 Å². The summed E-state index contributed by atoms with van der Waals surface area (Å²) in [6.07, 6.45) is 1.05. The summed E-state index contributed by atoms with van der Waals surface area (Å²) in [6, 6.07) is 18.5. The molecule has 3 aromatic carbocycles. The summed E-state index contributed by atoms with van der Waals surface area (Å²) in [5.41, 5.74) is 3.27. The Morgan fingerprint density at radius 2 is 1.80 bits per heavy atom. The predicted octanol–water partition coefficient (Wildman–Crippen LogP) is 6.48. The lowest BCUT2D eigenvalue weighted by atomic mass is 9.77. The Balaban J connectivity index is 1.41. The number of amides is 1. The topological polar surface area (TPSA) is 128 Å². The average Bonchev–Trinajstić information content (AvgIpc) is 3.34. The van der Waals surface area contributed by atoms with Crippen molar-refractivity contribution in [2.75, 3.05) is 35.1 Å². The van der Waals surface area contributed by atoms with Gasteiger partial charge in [-0.3, -0.25) is 14.4 Å². The molecule has 1 amide bonds. The largest absolute Gasteiger partial charge is 0.491 e. The number of hydrogen-bond donors (Lipinski definition) is 4. The molecule has 0 unspecified atom stereocenters. The Morgan fingerprint density at radius 1 is 1.07 bits per heavy atom. The predicted molar refractivity (Wildman–Crippen MR) is 189 cm³/mol. The van der Waals surface area contributed by atoms with Crippen molar-refractivity contribution in [1.82, 2.24) is 4.90 Å². The van der Waals surface area contributed by atoms with Crippen LogP contribution in [0.1, 0.15) is 54.1 Å². The third-order valence-electron chi connectivity index (χ3n) is 7.56. The van der Waals surface area contributed by atoms with Crippen LogP contribution >= 0.6 is 34.7 Å². The number of carbonyl (C=O) groups excluding carboxylic acids is 1. The highest BCUT2D eigenvalue weighted by molar-refractivity contribution is 8.00. The summed E-state index contributed by atoms with van der Waals surface area (Å²) < 4.78 is 32.7. The minimum Gasteiger partial charge on any atom is -0.491 e. The zero-order valence-corrected chi connectivity index (χ0v) is 29.5. The molecule has 1 aliphatic heterocycles. The van der Waals surface area contributed by atoms with Crippen LogP contribution in [0, 0.1) is 0 Å². The Kier molecular flexibility index (Phi) is 10.0. The van der Waals surface area contributed by atoms with Crippen LogP contribution in [-0.4, -0.2) is 65.8 Å². The number of rotatable bonds is 10. The Morgan fingerprint density at radius 3 is 2.50 bits per heavy atom. The second kappa shape index (κ2) is 13.3. The van der Waals surface area contributed by atoms with Gasteiger partial charge in [0.05, 0.1) is 23.8 Å². The number of thioether (sulfide) groups is 1. The van der Waals surface area contributed by atoms with Gasteiger partial charge in [-0.1, -0.05) is 43.3 Å². The number of nitrogens with one attached hydrogen (secondary N) is 2. The number of anilines is 2. The maximum atomic E-state index is 13.4. The van der Waals surface area contributed by atoms with Crippen LogP contribution < -0.4 is 14.8 Å². The molecule has 1 aromatic heterocycles. The molecule has 9 nitrogen and oxygen atoms in total. The molecular weight excluding hydrogens is 666 g/mol. The number of sulfonamides is 1. The molecule has 5 rings (SSSR count). The van der Waals surface area contributed by atoms with E-state index in [4.69, 9.17) is 16.3 Å². The monoisotopic (exact) mass is 703 g/mol. The van der Waals surface area contributed by atoms with Crippen molar-refractivity contribution in [3.05, 3.63) is 87.3 Å². The van der Waals surface area contributed by atoms with Gasteiger partial charge >= 0.3 is 0 Å². The standard InChI is InChI=1S/C33H38ClN3O6S3/c1-20(2)43-28-11-21(18-37-8-9-44-33(39,40)19-37)10-23(16-28)32(3,4)24-14-25(34)17-27(15-24)35-31(38)30-13-22-12-26(36-46(5,41)42)6-7-29(22)45-30/h6-7,10-17,20,36,39-40H,8-9,18-19H2,1-5H3,(H,35,38). The number of fused-ring (bicyclic) bond motifs is 1. The van der Waals surface area contributed by atoms with E-state index in [0.29, 0.717) is 33.6 Å². The fraction of sp³-hybridized carbons (Fsp3) is 0.364.